The van der Waals surface area contributed by atoms with Crippen LogP contribution in [0.1, 0.15) is 30.0 Å². The monoisotopic (exact) mass is 369 g/mol. The molecule has 7 nitrogen and oxygen atoms in total. The predicted octanol–water partition coefficient (Wildman–Crippen LogP) is 2.89. The summed E-state index contributed by atoms with van der Waals surface area (Å²) in [5.41, 5.74) is 5.77. The zero-order valence-corrected chi connectivity index (χ0v) is 15.6. The van der Waals surface area contributed by atoms with E-state index in [1.165, 1.54) is 12.3 Å². The molecule has 0 atom stereocenters. The van der Waals surface area contributed by atoms with Crippen LogP contribution in [0.3, 0.4) is 0 Å². The third-order valence-corrected chi connectivity index (χ3v) is 3.80. The zero-order valence-electron chi connectivity index (χ0n) is 15.6. The molecule has 2 aromatic rings. The normalized spacial score (nSPS) is 10.6. The molecular formula is C20H23N3O4. The first-order valence-electron chi connectivity index (χ1n) is 8.54. The molecule has 2 amide bonds. The number of carbonyl (C=O) groups is 2. The van der Waals surface area contributed by atoms with Crippen molar-refractivity contribution < 1.29 is 19.4 Å². The van der Waals surface area contributed by atoms with Crippen LogP contribution in [0.2, 0.25) is 0 Å². The number of nitrogens with zero attached hydrogens (tertiary/aromatic N) is 1. The third kappa shape index (κ3) is 6.14. The van der Waals surface area contributed by atoms with Gasteiger partial charge in [-0.3, -0.25) is 9.59 Å². The topological polar surface area (TPSA) is 100 Å². The summed E-state index contributed by atoms with van der Waals surface area (Å²) in [5.74, 6) is -0.591. The number of carbonyl (C=O) groups excluding carboxylic acids is 2. The molecule has 0 saturated heterocycles. The Morgan fingerprint density at radius 2 is 1.89 bits per heavy atom. The summed E-state index contributed by atoms with van der Waals surface area (Å²) < 4.78 is 5.28. The number of benzene rings is 2. The molecule has 0 heterocycles. The highest BCUT2D eigenvalue weighted by atomic mass is 16.5. The van der Waals surface area contributed by atoms with Gasteiger partial charge in [0.2, 0.25) is 11.8 Å². The van der Waals surface area contributed by atoms with Crippen LogP contribution in [0.25, 0.3) is 0 Å². The summed E-state index contributed by atoms with van der Waals surface area (Å²) in [6, 6.07) is 10.2. The molecule has 0 aliphatic carbocycles. The number of hydrazone groups is 1. The Morgan fingerprint density at radius 1 is 1.11 bits per heavy atom. The number of anilines is 1. The Balaban J connectivity index is 1.86. The molecule has 0 radical (unpaired) electrons. The molecule has 27 heavy (non-hydrogen) atoms. The van der Waals surface area contributed by atoms with E-state index < -0.39 is 11.8 Å². The molecule has 2 aromatic carbocycles. The summed E-state index contributed by atoms with van der Waals surface area (Å²) in [6.07, 6.45) is 1.06. The lowest BCUT2D eigenvalue weighted by Crippen LogP contribution is -2.24. The van der Waals surface area contributed by atoms with Gasteiger partial charge < -0.3 is 15.2 Å². The minimum atomic E-state index is -0.531. The van der Waals surface area contributed by atoms with E-state index in [1.807, 2.05) is 32.9 Å². The molecular weight excluding hydrogens is 346 g/mol. The molecule has 2 rings (SSSR count). The molecule has 7 heteroatoms. The Hall–Kier alpha value is -3.35. The van der Waals surface area contributed by atoms with Crippen molar-refractivity contribution in [3.05, 3.63) is 53.1 Å². The molecule has 3 N–H and O–H groups in total. The Bertz CT molecular complexity index is 862. The van der Waals surface area contributed by atoms with E-state index in [4.69, 9.17) is 4.74 Å². The van der Waals surface area contributed by atoms with Crippen LogP contribution in [0, 0.1) is 13.8 Å². The van der Waals surface area contributed by atoms with Gasteiger partial charge in [0.05, 0.1) is 12.8 Å². The van der Waals surface area contributed by atoms with E-state index in [-0.39, 0.29) is 12.2 Å². The number of hydrogen-bond acceptors (Lipinski definition) is 5. The van der Waals surface area contributed by atoms with Gasteiger partial charge in [0, 0.05) is 5.69 Å². The number of ether oxygens (including phenoxy) is 1. The molecule has 0 spiro atoms. The lowest BCUT2D eigenvalue weighted by molar-refractivity contribution is -0.126. The van der Waals surface area contributed by atoms with Gasteiger partial charge in [-0.15, -0.1) is 0 Å². The van der Waals surface area contributed by atoms with Crippen LogP contribution in [-0.2, 0) is 9.59 Å². The molecule has 0 saturated carbocycles. The molecule has 0 aromatic heterocycles. The predicted molar refractivity (Wildman–Crippen MR) is 104 cm³/mol. The average Bonchev–Trinajstić information content (AvgIpc) is 2.61. The van der Waals surface area contributed by atoms with Gasteiger partial charge in [-0.25, -0.2) is 5.43 Å². The van der Waals surface area contributed by atoms with E-state index in [0.29, 0.717) is 23.6 Å². The van der Waals surface area contributed by atoms with Crippen molar-refractivity contribution >= 4 is 23.7 Å². The van der Waals surface area contributed by atoms with Crippen molar-refractivity contribution in [3.63, 3.8) is 0 Å². The number of hydrogen-bond donors (Lipinski definition) is 3. The summed E-state index contributed by atoms with van der Waals surface area (Å²) in [6.45, 7) is 6.16. The highest BCUT2D eigenvalue weighted by molar-refractivity contribution is 6.03. The van der Waals surface area contributed by atoms with Gasteiger partial charge in [0.15, 0.2) is 11.5 Å². The molecule has 142 valence electrons. The number of amides is 2. The largest absolute Gasteiger partial charge is 0.504 e. The second-order valence-corrected chi connectivity index (χ2v) is 5.98. The Labute approximate surface area is 158 Å². The minimum absolute atomic E-state index is 0.0287. The van der Waals surface area contributed by atoms with Crippen molar-refractivity contribution in [1.82, 2.24) is 5.43 Å². The van der Waals surface area contributed by atoms with E-state index in [2.05, 4.69) is 15.8 Å². The highest BCUT2D eigenvalue weighted by Crippen LogP contribution is 2.26. The quantitative estimate of drug-likeness (QED) is 0.397. The standard InChI is InChI=1S/C20H23N3O4/c1-4-27-18-10-15(6-8-17(18)24)12-21-23-20(26)11-19(25)22-16-7-5-13(2)14(3)9-16/h5-10,12,24H,4,11H2,1-3H3,(H,22,25)(H,23,26). The molecule has 0 unspecified atom stereocenters. The summed E-state index contributed by atoms with van der Waals surface area (Å²) >= 11 is 0. The fraction of sp³-hybridized carbons (Fsp3) is 0.250. The number of aromatic hydroxyl groups is 1. The van der Waals surface area contributed by atoms with E-state index in [9.17, 15) is 14.7 Å². The van der Waals surface area contributed by atoms with Crippen LogP contribution in [0.4, 0.5) is 5.69 Å². The lowest BCUT2D eigenvalue weighted by atomic mass is 10.1. The first kappa shape index (κ1) is 20.0. The Morgan fingerprint density at radius 3 is 2.59 bits per heavy atom. The maximum atomic E-state index is 11.9. The fourth-order valence-corrected chi connectivity index (χ4v) is 2.27. The van der Waals surface area contributed by atoms with Gasteiger partial charge in [-0.2, -0.15) is 5.10 Å². The van der Waals surface area contributed by atoms with Crippen LogP contribution in [-0.4, -0.2) is 29.7 Å². The SMILES string of the molecule is CCOc1cc(C=NNC(=O)CC(=O)Nc2ccc(C)c(C)c2)ccc1O. The fourth-order valence-electron chi connectivity index (χ4n) is 2.27. The number of nitrogens with one attached hydrogen (secondary N) is 2. The van der Waals surface area contributed by atoms with Crippen molar-refractivity contribution in [1.29, 1.82) is 0 Å². The second-order valence-electron chi connectivity index (χ2n) is 5.98. The van der Waals surface area contributed by atoms with Crippen LogP contribution in [0.15, 0.2) is 41.5 Å². The van der Waals surface area contributed by atoms with Gasteiger partial charge in [-0.05, 0) is 67.8 Å². The third-order valence-electron chi connectivity index (χ3n) is 3.80. The van der Waals surface area contributed by atoms with Gasteiger partial charge in [-0.1, -0.05) is 6.07 Å². The molecule has 0 fully saturated rings. The maximum Gasteiger partial charge on any atom is 0.249 e. The van der Waals surface area contributed by atoms with E-state index in [1.54, 1.807) is 18.2 Å². The number of rotatable bonds is 7. The van der Waals surface area contributed by atoms with Crippen molar-refractivity contribution in [2.24, 2.45) is 5.10 Å². The van der Waals surface area contributed by atoms with Crippen molar-refractivity contribution in [3.8, 4) is 11.5 Å². The Kier molecular flexibility index (Phi) is 6.93. The van der Waals surface area contributed by atoms with Gasteiger partial charge >= 0.3 is 0 Å². The minimum Gasteiger partial charge on any atom is -0.504 e. The molecule has 0 aliphatic rings. The summed E-state index contributed by atoms with van der Waals surface area (Å²) in [7, 11) is 0. The van der Waals surface area contributed by atoms with Crippen molar-refractivity contribution in [2.45, 2.75) is 27.2 Å². The van der Waals surface area contributed by atoms with E-state index in [0.717, 1.165) is 11.1 Å². The van der Waals surface area contributed by atoms with Gasteiger partial charge in [0.25, 0.3) is 0 Å². The first-order chi connectivity index (χ1) is 12.9. The van der Waals surface area contributed by atoms with Gasteiger partial charge in [0.1, 0.15) is 6.42 Å². The number of phenolic OH excluding ortho intramolecular Hbond substituents is 1. The smallest absolute Gasteiger partial charge is 0.249 e. The summed E-state index contributed by atoms with van der Waals surface area (Å²) in [5, 5.41) is 16.1. The van der Waals surface area contributed by atoms with E-state index >= 15 is 0 Å². The van der Waals surface area contributed by atoms with Crippen LogP contribution >= 0.6 is 0 Å². The number of aryl methyl sites for hydroxylation is 2. The molecule has 0 bridgehead atoms. The lowest BCUT2D eigenvalue weighted by Gasteiger charge is -2.07. The van der Waals surface area contributed by atoms with Crippen LogP contribution < -0.4 is 15.5 Å². The van der Waals surface area contributed by atoms with Crippen molar-refractivity contribution in [2.75, 3.05) is 11.9 Å². The first-order valence-corrected chi connectivity index (χ1v) is 8.54. The maximum absolute atomic E-state index is 11.9. The zero-order chi connectivity index (χ0) is 19.8. The number of phenols is 1. The summed E-state index contributed by atoms with van der Waals surface area (Å²) in [4.78, 5) is 23.8. The second kappa shape index (κ2) is 9.38. The molecule has 0 aliphatic heterocycles. The highest BCUT2D eigenvalue weighted by Gasteiger charge is 2.09. The average molecular weight is 369 g/mol. The van der Waals surface area contributed by atoms with Crippen LogP contribution in [0.5, 0.6) is 11.5 Å².